The third-order valence-corrected chi connectivity index (χ3v) is 8.51. The molecule has 164 valence electrons. The number of carbonyl (C=O) groups excluding carboxylic acids is 2. The van der Waals surface area contributed by atoms with Crippen molar-refractivity contribution in [1.29, 1.82) is 0 Å². The molecule has 2 aliphatic carbocycles. The number of fused-ring (bicyclic) bond motifs is 6. The van der Waals surface area contributed by atoms with Crippen LogP contribution in [0.5, 0.6) is 0 Å². The van der Waals surface area contributed by atoms with Crippen LogP contribution in [0.2, 0.25) is 10.0 Å². The largest absolute Gasteiger partial charge is 0.272 e. The maximum absolute atomic E-state index is 13.7. The number of hydrogen-bond donors (Lipinski definition) is 2. The number of rotatable bonds is 2. The number of halogens is 2. The number of amides is 2. The van der Waals surface area contributed by atoms with Crippen LogP contribution in [-0.4, -0.2) is 21.8 Å². The van der Waals surface area contributed by atoms with E-state index in [-0.39, 0.29) is 17.2 Å². The fourth-order valence-corrected chi connectivity index (χ4v) is 5.80. The lowest BCUT2D eigenvalue weighted by Gasteiger charge is -2.39. The van der Waals surface area contributed by atoms with Crippen LogP contribution in [0.3, 0.4) is 0 Å². The molecule has 0 radical (unpaired) electrons. The Hall–Kier alpha value is -2.70. The molecule has 32 heavy (non-hydrogen) atoms. The lowest BCUT2D eigenvalue weighted by Crippen LogP contribution is -2.55. The van der Waals surface area contributed by atoms with Crippen LogP contribution in [0.25, 0.3) is 11.0 Å². The Morgan fingerprint density at radius 1 is 0.875 bits per heavy atom. The Kier molecular flexibility index (Phi) is 4.56. The highest BCUT2D eigenvalue weighted by Gasteiger charge is 2.73. The molecule has 1 saturated carbocycles. The molecule has 1 heterocycles. The number of carbonyl (C=O) groups is 2. The second kappa shape index (κ2) is 6.90. The fourth-order valence-electron chi connectivity index (χ4n) is 5.48. The molecule has 3 aromatic rings. The van der Waals surface area contributed by atoms with E-state index in [0.717, 1.165) is 12.1 Å². The fraction of sp³-hybridized carbons (Fsp3) is 0.333. The summed E-state index contributed by atoms with van der Waals surface area (Å²) in [6.07, 6.45) is 1.40. The van der Waals surface area contributed by atoms with Crippen LogP contribution in [0, 0.1) is 5.41 Å². The van der Waals surface area contributed by atoms with Crippen molar-refractivity contribution in [2.24, 2.45) is 5.41 Å². The average Bonchev–Trinajstić information content (AvgIpc) is 3.07. The number of aromatic nitrogens is 2. The summed E-state index contributed by atoms with van der Waals surface area (Å²) in [5.41, 5.74) is 6.63. The molecular weight excluding hydrogens is 447 g/mol. The molecule has 2 amide bonds. The van der Waals surface area contributed by atoms with Gasteiger partial charge in [0, 0.05) is 11.0 Å². The second-order valence-electron chi connectivity index (χ2n) is 9.31. The Morgan fingerprint density at radius 2 is 1.47 bits per heavy atom. The van der Waals surface area contributed by atoms with Crippen LogP contribution >= 0.6 is 23.2 Å². The van der Waals surface area contributed by atoms with Crippen molar-refractivity contribution in [3.8, 4) is 0 Å². The summed E-state index contributed by atoms with van der Waals surface area (Å²) in [5, 5.41) is 0.799. The number of nitrogens with zero attached hydrogens (tertiary/aromatic N) is 2. The molecule has 0 aliphatic heterocycles. The van der Waals surface area contributed by atoms with Gasteiger partial charge in [-0.15, -0.1) is 0 Å². The molecule has 2 aliphatic rings. The van der Waals surface area contributed by atoms with E-state index in [4.69, 9.17) is 33.2 Å². The molecule has 2 N–H and O–H groups in total. The van der Waals surface area contributed by atoms with Gasteiger partial charge in [0.25, 0.3) is 11.8 Å². The maximum Gasteiger partial charge on any atom is 0.269 e. The summed E-state index contributed by atoms with van der Waals surface area (Å²) < 4.78 is 0. The second-order valence-corrected chi connectivity index (χ2v) is 10.1. The van der Waals surface area contributed by atoms with E-state index in [1.165, 1.54) is 0 Å². The lowest BCUT2D eigenvalue weighted by atomic mass is 9.63. The maximum atomic E-state index is 13.7. The van der Waals surface area contributed by atoms with Gasteiger partial charge in [0.2, 0.25) is 0 Å². The van der Waals surface area contributed by atoms with Crippen molar-refractivity contribution in [2.45, 2.75) is 44.4 Å². The van der Waals surface area contributed by atoms with Gasteiger partial charge < -0.3 is 0 Å². The monoisotopic (exact) mass is 468 g/mol. The minimum atomic E-state index is -0.936. The minimum absolute atomic E-state index is 0.289. The van der Waals surface area contributed by atoms with Crippen LogP contribution in [0.1, 0.15) is 55.4 Å². The van der Waals surface area contributed by atoms with Gasteiger partial charge in [0.15, 0.2) is 0 Å². The van der Waals surface area contributed by atoms with E-state index in [2.05, 4.69) is 31.6 Å². The number of benzene rings is 2. The number of hydrazine groups is 1. The molecule has 1 fully saturated rings. The molecule has 2 bridgehead atoms. The highest BCUT2D eigenvalue weighted by molar-refractivity contribution is 6.42. The lowest BCUT2D eigenvalue weighted by molar-refractivity contribution is -0.131. The molecular formula is C24H22Cl2N4O2. The average molecular weight is 469 g/mol. The van der Waals surface area contributed by atoms with Gasteiger partial charge in [-0.3, -0.25) is 20.4 Å². The summed E-state index contributed by atoms with van der Waals surface area (Å²) in [7, 11) is 0. The predicted octanol–water partition coefficient (Wildman–Crippen LogP) is 4.73. The summed E-state index contributed by atoms with van der Waals surface area (Å²) in [6.45, 7) is 6.29. The molecule has 5 rings (SSSR count). The van der Waals surface area contributed by atoms with Crippen LogP contribution in [0.15, 0.2) is 42.5 Å². The summed E-state index contributed by atoms with van der Waals surface area (Å²) in [4.78, 5) is 36.0. The SMILES string of the molecule is CC12CCC(C(=O)NNC(=O)c3ccccc3)(c3nc4cc(Cl)c(Cl)cc4nc31)C2(C)C. The molecule has 0 spiro atoms. The van der Waals surface area contributed by atoms with Gasteiger partial charge in [-0.05, 0) is 42.5 Å². The van der Waals surface area contributed by atoms with Crippen LogP contribution in [-0.2, 0) is 15.6 Å². The Bertz CT molecular complexity index is 1290. The Morgan fingerprint density at radius 3 is 2.09 bits per heavy atom. The first-order valence-corrected chi connectivity index (χ1v) is 11.2. The topological polar surface area (TPSA) is 84.0 Å². The van der Waals surface area contributed by atoms with Gasteiger partial charge in [-0.2, -0.15) is 0 Å². The standard InChI is InChI=1S/C24H22Cl2N4O2/c1-22(2)23(3)9-10-24(22,21(32)30-29-20(31)13-7-5-4-6-8-13)19-18(23)27-16-11-14(25)15(26)12-17(16)28-19/h4-8,11-12H,9-10H2,1-3H3,(H,29,31)(H,30,32). The molecule has 2 unspecified atom stereocenters. The number of hydrogen-bond acceptors (Lipinski definition) is 4. The highest BCUT2D eigenvalue weighted by Crippen LogP contribution is 2.70. The normalized spacial score (nSPS) is 24.9. The van der Waals surface area contributed by atoms with Gasteiger partial charge in [0.05, 0.1) is 32.5 Å². The van der Waals surface area contributed by atoms with Crippen LogP contribution < -0.4 is 10.9 Å². The van der Waals surface area contributed by atoms with E-state index in [9.17, 15) is 9.59 Å². The Labute approximate surface area is 195 Å². The molecule has 8 heteroatoms. The van der Waals surface area contributed by atoms with Gasteiger partial charge in [-0.1, -0.05) is 62.2 Å². The van der Waals surface area contributed by atoms with Gasteiger partial charge in [0.1, 0.15) is 5.41 Å². The summed E-state index contributed by atoms with van der Waals surface area (Å²) in [5.74, 6) is -0.666. The smallest absolute Gasteiger partial charge is 0.269 e. The summed E-state index contributed by atoms with van der Waals surface area (Å²) in [6, 6.07) is 12.1. The zero-order chi connectivity index (χ0) is 22.9. The first-order chi connectivity index (χ1) is 15.1. The first kappa shape index (κ1) is 21.2. The third-order valence-electron chi connectivity index (χ3n) is 7.79. The summed E-state index contributed by atoms with van der Waals surface area (Å²) >= 11 is 12.4. The van der Waals surface area contributed by atoms with E-state index in [1.807, 2.05) is 6.07 Å². The van der Waals surface area contributed by atoms with E-state index < -0.39 is 10.8 Å². The highest BCUT2D eigenvalue weighted by atomic mass is 35.5. The van der Waals surface area contributed by atoms with Gasteiger partial charge in [-0.25, -0.2) is 9.97 Å². The van der Waals surface area contributed by atoms with E-state index >= 15 is 0 Å². The molecule has 2 atom stereocenters. The van der Waals surface area contributed by atoms with Crippen molar-refractivity contribution < 1.29 is 9.59 Å². The first-order valence-electron chi connectivity index (χ1n) is 10.5. The van der Waals surface area contributed by atoms with E-state index in [0.29, 0.717) is 38.8 Å². The molecule has 6 nitrogen and oxygen atoms in total. The Balaban J connectivity index is 1.57. The van der Waals surface area contributed by atoms with Crippen molar-refractivity contribution in [1.82, 2.24) is 20.8 Å². The van der Waals surface area contributed by atoms with Crippen LogP contribution in [0.4, 0.5) is 0 Å². The van der Waals surface area contributed by atoms with Crippen molar-refractivity contribution in [2.75, 3.05) is 0 Å². The van der Waals surface area contributed by atoms with Crippen molar-refractivity contribution in [3.63, 3.8) is 0 Å². The zero-order valence-corrected chi connectivity index (χ0v) is 19.4. The minimum Gasteiger partial charge on any atom is -0.272 e. The molecule has 1 aromatic heterocycles. The molecule has 0 saturated heterocycles. The quantitative estimate of drug-likeness (QED) is 0.532. The molecule has 2 aromatic carbocycles. The number of nitrogens with one attached hydrogen (secondary N) is 2. The van der Waals surface area contributed by atoms with Crippen molar-refractivity contribution >= 4 is 46.0 Å². The van der Waals surface area contributed by atoms with E-state index in [1.54, 1.807) is 36.4 Å². The van der Waals surface area contributed by atoms with Crippen molar-refractivity contribution in [3.05, 3.63) is 69.5 Å². The van der Waals surface area contributed by atoms with Gasteiger partial charge >= 0.3 is 0 Å². The predicted molar refractivity (Wildman–Crippen MR) is 124 cm³/mol. The third kappa shape index (κ3) is 2.60. The zero-order valence-electron chi connectivity index (χ0n) is 17.9.